The zero-order chi connectivity index (χ0) is 21.2. The zero-order valence-corrected chi connectivity index (χ0v) is 21.3. The van der Waals surface area contributed by atoms with Gasteiger partial charge in [0.25, 0.3) is 0 Å². The molecular weight excluding hydrogens is 505 g/mol. The van der Waals surface area contributed by atoms with E-state index in [1.54, 1.807) is 19.0 Å². The highest BCUT2D eigenvalue weighted by molar-refractivity contribution is 14.0. The van der Waals surface area contributed by atoms with E-state index in [0.29, 0.717) is 0 Å². The summed E-state index contributed by atoms with van der Waals surface area (Å²) in [5.74, 6) is 0.736. The molecule has 2 N–H and O–H groups in total. The van der Waals surface area contributed by atoms with Gasteiger partial charge in [-0.25, -0.2) is 4.99 Å². The molecule has 174 valence electrons. The molecule has 0 atom stereocenters. The van der Waals surface area contributed by atoms with Gasteiger partial charge < -0.3 is 20.3 Å². The predicted molar refractivity (Wildman–Crippen MR) is 136 cm³/mol. The van der Waals surface area contributed by atoms with Crippen LogP contribution in [0.15, 0.2) is 35.3 Å². The van der Waals surface area contributed by atoms with Crippen molar-refractivity contribution in [3.8, 4) is 0 Å². The summed E-state index contributed by atoms with van der Waals surface area (Å²) >= 11 is 0. The summed E-state index contributed by atoms with van der Waals surface area (Å²) in [6.07, 6.45) is 4.66. The van der Waals surface area contributed by atoms with Crippen LogP contribution in [0.5, 0.6) is 0 Å². The van der Waals surface area contributed by atoms with E-state index in [9.17, 15) is 4.79 Å². The van der Waals surface area contributed by atoms with Crippen molar-refractivity contribution in [1.82, 2.24) is 20.4 Å². The Morgan fingerprint density at radius 1 is 1.16 bits per heavy atom. The molecule has 31 heavy (non-hydrogen) atoms. The normalized spacial score (nSPS) is 18.5. The Labute approximate surface area is 204 Å². The minimum atomic E-state index is 0. The van der Waals surface area contributed by atoms with Crippen LogP contribution >= 0.6 is 24.0 Å². The summed E-state index contributed by atoms with van der Waals surface area (Å²) < 4.78 is 5.41. The molecule has 7 nitrogen and oxygen atoms in total. The van der Waals surface area contributed by atoms with Crippen LogP contribution in [0.25, 0.3) is 0 Å². The fourth-order valence-electron chi connectivity index (χ4n) is 4.01. The number of rotatable bonds is 9. The van der Waals surface area contributed by atoms with Gasteiger partial charge >= 0.3 is 0 Å². The number of nitrogens with one attached hydrogen (secondary N) is 2. The number of hydrogen-bond acceptors (Lipinski definition) is 4. The number of amides is 1. The van der Waals surface area contributed by atoms with Gasteiger partial charge in [-0.3, -0.25) is 9.69 Å². The van der Waals surface area contributed by atoms with Crippen LogP contribution in [0.2, 0.25) is 0 Å². The largest absolute Gasteiger partial charge is 0.379 e. The average Bonchev–Trinajstić information content (AvgIpc) is 2.74. The topological polar surface area (TPSA) is 69.2 Å². The molecule has 0 unspecified atom stereocenters. The molecule has 1 heterocycles. The second kappa shape index (κ2) is 13.2. The summed E-state index contributed by atoms with van der Waals surface area (Å²) in [6.45, 7) is 6.55. The number of benzene rings is 1. The van der Waals surface area contributed by atoms with E-state index in [2.05, 4.69) is 50.9 Å². The van der Waals surface area contributed by atoms with Gasteiger partial charge in [-0.05, 0) is 31.4 Å². The Kier molecular flexibility index (Phi) is 11.0. The SMILES string of the molecule is CN(C)C(=O)CN=C(NCCCN1CCOCC1)NCC1(c2ccccc2)CCC1.I. The maximum Gasteiger partial charge on any atom is 0.243 e. The van der Waals surface area contributed by atoms with Gasteiger partial charge in [0.05, 0.1) is 13.2 Å². The van der Waals surface area contributed by atoms with Gasteiger partial charge in [0.1, 0.15) is 6.54 Å². The third-order valence-corrected chi connectivity index (χ3v) is 6.21. The number of nitrogens with zero attached hydrogens (tertiary/aromatic N) is 3. The summed E-state index contributed by atoms with van der Waals surface area (Å²) in [7, 11) is 3.53. The number of carbonyl (C=O) groups is 1. The Balaban J connectivity index is 0.00000341. The number of likely N-dealkylation sites (N-methyl/N-ethyl adjacent to an activating group) is 1. The van der Waals surface area contributed by atoms with Crippen molar-refractivity contribution < 1.29 is 9.53 Å². The van der Waals surface area contributed by atoms with Gasteiger partial charge in [-0.15, -0.1) is 24.0 Å². The number of ether oxygens (including phenoxy) is 1. The van der Waals surface area contributed by atoms with E-state index < -0.39 is 0 Å². The van der Waals surface area contributed by atoms with Gasteiger partial charge in [0, 0.05) is 45.7 Å². The lowest BCUT2D eigenvalue weighted by atomic mass is 9.64. The standard InChI is InChI=1S/C23H37N5O2.HI/c1-27(2)21(29)18-25-22(24-12-7-13-28-14-16-30-17-15-28)26-19-23(10-6-11-23)20-8-4-3-5-9-20;/h3-5,8-9H,6-7,10-19H2,1-2H3,(H2,24,25,26);1H. The molecule has 0 aromatic heterocycles. The number of hydrogen-bond donors (Lipinski definition) is 2. The molecule has 1 saturated heterocycles. The first-order valence-corrected chi connectivity index (χ1v) is 11.2. The van der Waals surface area contributed by atoms with E-state index in [1.807, 2.05) is 0 Å². The van der Waals surface area contributed by atoms with Gasteiger partial charge in [0.15, 0.2) is 5.96 Å². The first-order valence-electron chi connectivity index (χ1n) is 11.2. The van der Waals surface area contributed by atoms with E-state index in [4.69, 9.17) is 4.74 Å². The minimum Gasteiger partial charge on any atom is -0.379 e. The predicted octanol–water partition coefficient (Wildman–Crippen LogP) is 2.07. The number of morpholine rings is 1. The molecule has 2 fully saturated rings. The Hall–Kier alpha value is -1.39. The van der Waals surface area contributed by atoms with Crippen molar-refractivity contribution in [2.75, 3.05) is 66.6 Å². The van der Waals surface area contributed by atoms with E-state index in [1.165, 1.54) is 24.8 Å². The average molecular weight is 543 g/mol. The molecule has 8 heteroatoms. The maximum absolute atomic E-state index is 12.0. The van der Waals surface area contributed by atoms with Crippen molar-refractivity contribution in [2.45, 2.75) is 31.1 Å². The zero-order valence-electron chi connectivity index (χ0n) is 18.9. The first-order chi connectivity index (χ1) is 14.6. The lowest BCUT2D eigenvalue weighted by Crippen LogP contribution is -2.49. The lowest BCUT2D eigenvalue weighted by Gasteiger charge is -2.43. The Bertz CT molecular complexity index is 688. The second-order valence-electron chi connectivity index (χ2n) is 8.54. The molecule has 1 amide bonds. The van der Waals surface area contributed by atoms with Crippen LogP contribution in [-0.4, -0.2) is 88.2 Å². The first kappa shape index (κ1) is 25.9. The second-order valence-corrected chi connectivity index (χ2v) is 8.54. The van der Waals surface area contributed by atoms with Crippen molar-refractivity contribution >= 4 is 35.8 Å². The summed E-state index contributed by atoms with van der Waals surface area (Å²) in [4.78, 5) is 20.6. The van der Waals surface area contributed by atoms with Crippen LogP contribution < -0.4 is 10.6 Å². The van der Waals surface area contributed by atoms with Crippen LogP contribution in [0.1, 0.15) is 31.2 Å². The highest BCUT2D eigenvalue weighted by Crippen LogP contribution is 2.43. The minimum absolute atomic E-state index is 0. The van der Waals surface area contributed by atoms with E-state index in [0.717, 1.165) is 58.3 Å². The Morgan fingerprint density at radius 3 is 2.48 bits per heavy atom. The molecule has 0 radical (unpaired) electrons. The van der Waals surface area contributed by atoms with Gasteiger partial charge in [-0.2, -0.15) is 0 Å². The smallest absolute Gasteiger partial charge is 0.243 e. The lowest BCUT2D eigenvalue weighted by molar-refractivity contribution is -0.127. The third kappa shape index (κ3) is 7.91. The Morgan fingerprint density at radius 2 is 1.87 bits per heavy atom. The van der Waals surface area contributed by atoms with Crippen LogP contribution in [0.3, 0.4) is 0 Å². The highest BCUT2D eigenvalue weighted by atomic mass is 127. The van der Waals surface area contributed by atoms with Gasteiger partial charge in [0.2, 0.25) is 5.91 Å². The number of guanidine groups is 1. The van der Waals surface area contributed by atoms with Gasteiger partial charge in [-0.1, -0.05) is 36.8 Å². The summed E-state index contributed by atoms with van der Waals surface area (Å²) in [5, 5.41) is 6.96. The van der Waals surface area contributed by atoms with Crippen LogP contribution in [0.4, 0.5) is 0 Å². The van der Waals surface area contributed by atoms with E-state index in [-0.39, 0.29) is 41.8 Å². The monoisotopic (exact) mass is 543 g/mol. The molecule has 3 rings (SSSR count). The van der Waals surface area contributed by atoms with Crippen molar-refractivity contribution in [3.63, 3.8) is 0 Å². The molecule has 1 aromatic rings. The fraction of sp³-hybridized carbons (Fsp3) is 0.652. The summed E-state index contributed by atoms with van der Waals surface area (Å²) in [6, 6.07) is 10.7. The quantitative estimate of drug-likeness (QED) is 0.216. The molecule has 0 spiro atoms. The molecule has 1 aromatic carbocycles. The number of aliphatic imine (C=N–C) groups is 1. The van der Waals surface area contributed by atoms with Crippen molar-refractivity contribution in [2.24, 2.45) is 4.99 Å². The molecule has 0 bridgehead atoms. The van der Waals surface area contributed by atoms with Crippen molar-refractivity contribution in [3.05, 3.63) is 35.9 Å². The fourth-order valence-corrected chi connectivity index (χ4v) is 4.01. The molecule has 1 aliphatic heterocycles. The van der Waals surface area contributed by atoms with Crippen LogP contribution in [-0.2, 0) is 14.9 Å². The third-order valence-electron chi connectivity index (χ3n) is 6.21. The maximum atomic E-state index is 12.0. The van der Waals surface area contributed by atoms with Crippen molar-refractivity contribution in [1.29, 1.82) is 0 Å². The number of carbonyl (C=O) groups excluding carboxylic acids is 1. The molecule has 1 saturated carbocycles. The summed E-state index contributed by atoms with van der Waals surface area (Å²) in [5.41, 5.74) is 1.56. The molecular formula is C23H38IN5O2. The molecule has 2 aliphatic rings. The number of halogens is 1. The van der Waals surface area contributed by atoms with Crippen LogP contribution in [0, 0.1) is 0 Å². The van der Waals surface area contributed by atoms with E-state index >= 15 is 0 Å². The highest BCUT2D eigenvalue weighted by Gasteiger charge is 2.38. The molecule has 1 aliphatic carbocycles.